The first-order chi connectivity index (χ1) is 9.92. The van der Waals surface area contributed by atoms with Gasteiger partial charge in [0.1, 0.15) is 6.33 Å². The predicted molar refractivity (Wildman–Crippen MR) is 79.9 cm³/mol. The second-order valence-electron chi connectivity index (χ2n) is 4.90. The van der Waals surface area contributed by atoms with Crippen LogP contribution < -0.4 is 5.32 Å². The summed E-state index contributed by atoms with van der Waals surface area (Å²) in [5.41, 5.74) is 1.29. The average Bonchev–Trinajstić information content (AvgIpc) is 3.18. The molecule has 0 bridgehead atoms. The van der Waals surface area contributed by atoms with E-state index in [4.69, 9.17) is 0 Å². The predicted octanol–water partition coefficient (Wildman–Crippen LogP) is 3.49. The first kappa shape index (κ1) is 11.7. The van der Waals surface area contributed by atoms with Crippen LogP contribution >= 0.6 is 11.3 Å². The fraction of sp³-hybridized carbons (Fsp3) is 0.200. The molecule has 3 heterocycles. The van der Waals surface area contributed by atoms with E-state index in [1.54, 1.807) is 17.7 Å². The van der Waals surface area contributed by atoms with E-state index in [1.807, 2.05) is 10.7 Å². The van der Waals surface area contributed by atoms with E-state index < -0.39 is 0 Å². The van der Waals surface area contributed by atoms with E-state index in [-0.39, 0.29) is 12.1 Å². The number of benzene rings is 1. The number of anilines is 1. The van der Waals surface area contributed by atoms with Gasteiger partial charge in [-0.05, 0) is 23.4 Å². The molecular weight excluding hydrogens is 268 g/mol. The molecule has 0 amide bonds. The van der Waals surface area contributed by atoms with Gasteiger partial charge in [0.25, 0.3) is 0 Å². The Hall–Kier alpha value is -2.14. The van der Waals surface area contributed by atoms with Crippen molar-refractivity contribution in [3.05, 3.63) is 64.6 Å². The molecule has 0 radical (unpaired) electrons. The number of hydrogen-bond donors (Lipinski definition) is 1. The molecule has 20 heavy (non-hydrogen) atoms. The van der Waals surface area contributed by atoms with E-state index in [0.717, 1.165) is 12.4 Å². The molecule has 1 aromatic carbocycles. The van der Waals surface area contributed by atoms with Crippen molar-refractivity contribution in [1.29, 1.82) is 0 Å². The Morgan fingerprint density at radius 2 is 2.05 bits per heavy atom. The van der Waals surface area contributed by atoms with Crippen molar-refractivity contribution in [1.82, 2.24) is 14.8 Å². The van der Waals surface area contributed by atoms with Gasteiger partial charge < -0.3 is 5.32 Å². The topological polar surface area (TPSA) is 42.7 Å². The third-order valence-corrected chi connectivity index (χ3v) is 4.68. The number of nitrogens with zero attached hydrogens (tertiary/aromatic N) is 3. The Balaban J connectivity index is 1.74. The molecule has 0 spiro atoms. The minimum absolute atomic E-state index is 0.263. The maximum Gasteiger partial charge on any atom is 0.222 e. The highest BCUT2D eigenvalue weighted by Gasteiger charge is 2.30. The number of aromatic nitrogens is 3. The van der Waals surface area contributed by atoms with Gasteiger partial charge in [0, 0.05) is 4.88 Å². The molecule has 4 rings (SSSR count). The lowest BCUT2D eigenvalue weighted by Gasteiger charge is -2.31. The molecule has 1 N–H and O–H groups in total. The van der Waals surface area contributed by atoms with Crippen LogP contribution in [0.15, 0.2) is 54.2 Å². The molecular formula is C15H14N4S. The van der Waals surface area contributed by atoms with Crippen LogP contribution in [0, 0.1) is 0 Å². The van der Waals surface area contributed by atoms with E-state index >= 15 is 0 Å². The zero-order valence-electron chi connectivity index (χ0n) is 10.8. The highest BCUT2D eigenvalue weighted by atomic mass is 32.1. The summed E-state index contributed by atoms with van der Waals surface area (Å²) in [6.07, 6.45) is 2.61. The fourth-order valence-electron chi connectivity index (χ4n) is 2.74. The van der Waals surface area contributed by atoms with Crippen molar-refractivity contribution >= 4 is 17.3 Å². The Morgan fingerprint density at radius 3 is 2.85 bits per heavy atom. The Labute approximate surface area is 121 Å². The van der Waals surface area contributed by atoms with Gasteiger partial charge in [-0.1, -0.05) is 36.4 Å². The van der Waals surface area contributed by atoms with Gasteiger partial charge in [0.2, 0.25) is 5.95 Å². The number of hydrogen-bond acceptors (Lipinski definition) is 4. The van der Waals surface area contributed by atoms with Gasteiger partial charge >= 0.3 is 0 Å². The number of nitrogens with one attached hydrogen (secondary N) is 1. The summed E-state index contributed by atoms with van der Waals surface area (Å²) in [5, 5.41) is 9.97. The van der Waals surface area contributed by atoms with Gasteiger partial charge in [-0.15, -0.1) is 11.3 Å². The molecule has 0 unspecified atom stereocenters. The van der Waals surface area contributed by atoms with Crippen LogP contribution in [0.2, 0.25) is 0 Å². The molecule has 0 fully saturated rings. The van der Waals surface area contributed by atoms with Crippen LogP contribution in [-0.2, 0) is 0 Å². The molecule has 100 valence electrons. The lowest BCUT2D eigenvalue weighted by Crippen LogP contribution is -2.27. The Bertz CT molecular complexity index is 690. The minimum atomic E-state index is 0.263. The number of fused-ring (bicyclic) bond motifs is 1. The SMILES string of the molecule is c1ccc([C@H]2C[C@H](c3cccs3)n3ncnc3N2)cc1. The molecule has 5 heteroatoms. The van der Waals surface area contributed by atoms with Crippen molar-refractivity contribution in [3.63, 3.8) is 0 Å². The van der Waals surface area contributed by atoms with Gasteiger partial charge in [-0.25, -0.2) is 4.68 Å². The van der Waals surface area contributed by atoms with Crippen LogP contribution in [0.25, 0.3) is 0 Å². The summed E-state index contributed by atoms with van der Waals surface area (Å²) in [7, 11) is 0. The first-order valence-corrected chi connectivity index (χ1v) is 7.54. The second-order valence-corrected chi connectivity index (χ2v) is 5.88. The normalized spacial score (nSPS) is 21.2. The monoisotopic (exact) mass is 282 g/mol. The van der Waals surface area contributed by atoms with E-state index in [0.29, 0.717) is 0 Å². The van der Waals surface area contributed by atoms with Gasteiger partial charge in [-0.3, -0.25) is 0 Å². The van der Waals surface area contributed by atoms with Crippen LogP contribution in [0.4, 0.5) is 5.95 Å². The van der Waals surface area contributed by atoms with Crippen molar-refractivity contribution in [3.8, 4) is 0 Å². The lowest BCUT2D eigenvalue weighted by molar-refractivity contribution is 0.436. The summed E-state index contributed by atoms with van der Waals surface area (Å²) >= 11 is 1.78. The highest BCUT2D eigenvalue weighted by molar-refractivity contribution is 7.10. The molecule has 4 nitrogen and oxygen atoms in total. The quantitative estimate of drug-likeness (QED) is 0.782. The molecule has 2 atom stereocenters. The lowest BCUT2D eigenvalue weighted by atomic mass is 9.97. The summed E-state index contributed by atoms with van der Waals surface area (Å²) in [6.45, 7) is 0. The summed E-state index contributed by atoms with van der Waals surface area (Å²) in [6, 6.07) is 15.3. The Morgan fingerprint density at radius 1 is 1.15 bits per heavy atom. The molecule has 0 aliphatic carbocycles. The largest absolute Gasteiger partial charge is 0.348 e. The first-order valence-electron chi connectivity index (χ1n) is 6.66. The van der Waals surface area contributed by atoms with Crippen LogP contribution in [0.1, 0.15) is 28.9 Å². The maximum atomic E-state index is 4.37. The van der Waals surface area contributed by atoms with Crippen molar-refractivity contribution in [2.45, 2.75) is 18.5 Å². The zero-order valence-corrected chi connectivity index (χ0v) is 11.6. The number of rotatable bonds is 2. The summed E-state index contributed by atoms with van der Waals surface area (Å²) in [4.78, 5) is 5.67. The maximum absolute atomic E-state index is 4.37. The number of thiophene rings is 1. The minimum Gasteiger partial charge on any atom is -0.348 e. The third-order valence-electron chi connectivity index (χ3n) is 3.70. The molecule has 2 aromatic heterocycles. The van der Waals surface area contributed by atoms with E-state index in [1.165, 1.54) is 10.4 Å². The van der Waals surface area contributed by atoms with Crippen molar-refractivity contribution < 1.29 is 0 Å². The molecule has 0 saturated carbocycles. The van der Waals surface area contributed by atoms with E-state index in [2.05, 4.69) is 57.2 Å². The smallest absolute Gasteiger partial charge is 0.222 e. The van der Waals surface area contributed by atoms with Crippen LogP contribution in [0.5, 0.6) is 0 Å². The van der Waals surface area contributed by atoms with Gasteiger partial charge in [0.05, 0.1) is 12.1 Å². The molecule has 0 saturated heterocycles. The van der Waals surface area contributed by atoms with Gasteiger partial charge in [0.15, 0.2) is 0 Å². The van der Waals surface area contributed by atoms with Crippen molar-refractivity contribution in [2.24, 2.45) is 0 Å². The molecule has 1 aliphatic heterocycles. The summed E-state index contributed by atoms with van der Waals surface area (Å²) < 4.78 is 1.99. The molecule has 3 aromatic rings. The molecule has 1 aliphatic rings. The third kappa shape index (κ3) is 1.91. The highest BCUT2D eigenvalue weighted by Crippen LogP contribution is 2.38. The average molecular weight is 282 g/mol. The second kappa shape index (κ2) is 4.76. The fourth-order valence-corrected chi connectivity index (χ4v) is 3.57. The van der Waals surface area contributed by atoms with Crippen LogP contribution in [0.3, 0.4) is 0 Å². The van der Waals surface area contributed by atoms with Crippen molar-refractivity contribution in [2.75, 3.05) is 5.32 Å². The summed E-state index contributed by atoms with van der Waals surface area (Å²) in [5.74, 6) is 0.850. The Kier molecular flexibility index (Phi) is 2.77. The van der Waals surface area contributed by atoms with Gasteiger partial charge in [-0.2, -0.15) is 10.1 Å². The standard InChI is InChI=1S/C15H14N4S/c1-2-5-11(6-3-1)12-9-13(14-7-4-8-20-14)19-15(18-12)16-10-17-19/h1-8,10,12-13H,9H2,(H,16,17,18)/t12-,13-/m1/s1. The van der Waals surface area contributed by atoms with E-state index in [9.17, 15) is 0 Å². The van der Waals surface area contributed by atoms with Crippen LogP contribution in [-0.4, -0.2) is 14.8 Å². The zero-order chi connectivity index (χ0) is 13.4.